The van der Waals surface area contributed by atoms with Gasteiger partial charge in [0.2, 0.25) is 5.91 Å². The van der Waals surface area contributed by atoms with Crippen LogP contribution in [-0.4, -0.2) is 110 Å². The lowest BCUT2D eigenvalue weighted by molar-refractivity contribution is -0.137. The number of hydrogen-bond donors (Lipinski definition) is 3. The summed E-state index contributed by atoms with van der Waals surface area (Å²) in [5, 5.41) is 19.7. The van der Waals surface area contributed by atoms with E-state index in [1.54, 1.807) is 13.0 Å². The van der Waals surface area contributed by atoms with Crippen molar-refractivity contribution in [1.82, 2.24) is 44.6 Å². The number of carboxylic acids is 1. The van der Waals surface area contributed by atoms with Crippen molar-refractivity contribution in [3.8, 4) is 22.8 Å². The molecule has 298 valence electrons. The first-order valence-electron chi connectivity index (χ1n) is 17.6. The van der Waals surface area contributed by atoms with Gasteiger partial charge in [0.05, 0.1) is 5.56 Å². The predicted molar refractivity (Wildman–Crippen MR) is 208 cm³/mol. The van der Waals surface area contributed by atoms with Crippen LogP contribution in [0.3, 0.4) is 0 Å². The van der Waals surface area contributed by atoms with Gasteiger partial charge in [-0.25, -0.2) is 24.1 Å². The molecule has 2 atom stereocenters. The molecule has 4 aromatic rings. The van der Waals surface area contributed by atoms with Crippen molar-refractivity contribution in [3.63, 3.8) is 0 Å². The topological polar surface area (TPSA) is 160 Å². The van der Waals surface area contributed by atoms with Crippen molar-refractivity contribution in [2.24, 2.45) is 17.6 Å². The van der Waals surface area contributed by atoms with Crippen molar-refractivity contribution < 1.29 is 27.9 Å². The third-order valence-electron chi connectivity index (χ3n) is 8.78. The zero-order valence-electron chi connectivity index (χ0n) is 31.3. The predicted octanol–water partition coefficient (Wildman–Crippen LogP) is 5.46. The number of alkyl halides is 3. The molecule has 1 amide bonds. The third kappa shape index (κ3) is 14.5. The lowest BCUT2D eigenvalue weighted by Gasteiger charge is -2.10. The number of hydrogen-bond acceptors (Lipinski definition) is 9. The number of nitrogens with one attached hydrogen (secondary N) is 1. The van der Waals surface area contributed by atoms with Crippen molar-refractivity contribution in [1.29, 1.82) is 0 Å². The monoisotopic (exact) mass is 766 g/mol. The first-order valence-corrected chi connectivity index (χ1v) is 17.6. The molecule has 0 saturated carbocycles. The number of aliphatic carboxylic acids is 1. The minimum atomic E-state index is -4.44. The first kappa shape index (κ1) is 44.2. The van der Waals surface area contributed by atoms with Crippen LogP contribution in [0, 0.1) is 32.6 Å². The highest BCUT2D eigenvalue weighted by Crippen LogP contribution is 2.32. The number of halogens is 3. The molecule has 55 heavy (non-hydrogen) atoms. The zero-order valence-corrected chi connectivity index (χ0v) is 31.3. The lowest BCUT2D eigenvalue weighted by atomic mass is 10.1. The molecule has 4 heterocycles. The molecule has 13 nitrogen and oxygen atoms in total. The van der Waals surface area contributed by atoms with Gasteiger partial charge in [-0.3, -0.25) is 4.79 Å². The van der Waals surface area contributed by atoms with Gasteiger partial charge < -0.3 is 26.0 Å². The fourth-order valence-electron chi connectivity index (χ4n) is 6.14. The molecular formula is C39H53F3N10O3. The number of benzene rings is 2. The number of aryl methyl sites for hydroxylation is 3. The maximum atomic E-state index is 13.0. The summed E-state index contributed by atoms with van der Waals surface area (Å²) in [4.78, 5) is 35.1. The highest BCUT2D eigenvalue weighted by molar-refractivity contribution is 5.90. The van der Waals surface area contributed by atoms with E-state index < -0.39 is 17.7 Å². The Bertz CT molecular complexity index is 1900. The van der Waals surface area contributed by atoms with E-state index in [9.17, 15) is 22.8 Å². The van der Waals surface area contributed by atoms with E-state index in [0.717, 1.165) is 66.9 Å². The van der Waals surface area contributed by atoms with E-state index in [1.807, 2.05) is 26.0 Å². The Morgan fingerprint density at radius 1 is 0.818 bits per heavy atom. The van der Waals surface area contributed by atoms with Gasteiger partial charge in [0.1, 0.15) is 12.7 Å². The summed E-state index contributed by atoms with van der Waals surface area (Å²) in [6, 6.07) is 9.74. The van der Waals surface area contributed by atoms with Crippen LogP contribution in [0.5, 0.6) is 0 Å². The molecule has 2 aromatic heterocycles. The van der Waals surface area contributed by atoms with E-state index in [0.29, 0.717) is 23.9 Å². The van der Waals surface area contributed by atoms with Gasteiger partial charge in [0, 0.05) is 55.3 Å². The molecule has 0 bridgehead atoms. The maximum absolute atomic E-state index is 13.0. The van der Waals surface area contributed by atoms with Crippen LogP contribution >= 0.6 is 0 Å². The van der Waals surface area contributed by atoms with Gasteiger partial charge in [0.15, 0.2) is 11.6 Å². The molecule has 0 aliphatic carbocycles. The van der Waals surface area contributed by atoms with E-state index in [2.05, 4.69) is 55.4 Å². The highest BCUT2D eigenvalue weighted by atomic mass is 19.4. The number of aromatic nitrogens is 6. The zero-order chi connectivity index (χ0) is 39.4. The number of carboxylic acid groups (broad SMARTS) is 1. The average Bonchev–Trinajstić information content (AvgIpc) is 3.93. The van der Waals surface area contributed by atoms with Crippen LogP contribution in [0.1, 0.15) is 42.5 Å². The Kier molecular flexibility index (Phi) is 16.5. The van der Waals surface area contributed by atoms with Gasteiger partial charge >= 0.3 is 12.1 Å². The molecule has 6 rings (SSSR count). The molecule has 2 aromatic carbocycles. The number of likely N-dealkylation sites (tertiary alicyclic amines) is 2. The number of carbonyl (C=O) groups excluding carboxylic acids is 1. The smallest absolute Gasteiger partial charge is 0.416 e. The van der Waals surface area contributed by atoms with Gasteiger partial charge in [-0.1, -0.05) is 24.6 Å². The average molecular weight is 767 g/mol. The van der Waals surface area contributed by atoms with E-state index >= 15 is 0 Å². The molecule has 16 heteroatoms. The molecular weight excluding hydrogens is 713 g/mol. The van der Waals surface area contributed by atoms with Crippen molar-refractivity contribution in [2.45, 2.75) is 47.2 Å². The number of carbonyl (C=O) groups is 2. The Labute approximate surface area is 320 Å². The number of rotatable bonds is 9. The number of amides is 1. The molecule has 2 aliphatic rings. The SMILES string of the molecule is C.CN1CCC(CN)C1.Cc1cc(-c2ncn(/C=C\C(=O)NCC3CCN(C)C3)n2)cc(C(F)(F)F)c1.Cc1cc(C)cc(-c2ncn(/C=C\C(=O)O)n2)c1. The van der Waals surface area contributed by atoms with Crippen LogP contribution in [-0.2, 0) is 15.8 Å². The second-order valence-electron chi connectivity index (χ2n) is 13.8. The second-order valence-corrected chi connectivity index (χ2v) is 13.8. The minimum absolute atomic E-state index is 0. The summed E-state index contributed by atoms with van der Waals surface area (Å²) >= 11 is 0. The summed E-state index contributed by atoms with van der Waals surface area (Å²) in [7, 11) is 4.20. The Balaban J connectivity index is 0.000000256. The summed E-state index contributed by atoms with van der Waals surface area (Å²) in [6.07, 6.45) is 5.86. The minimum Gasteiger partial charge on any atom is -0.478 e. The van der Waals surface area contributed by atoms with Gasteiger partial charge in [-0.05, 0) is 115 Å². The van der Waals surface area contributed by atoms with E-state index in [1.165, 1.54) is 60.0 Å². The van der Waals surface area contributed by atoms with Crippen LogP contribution in [0.2, 0.25) is 0 Å². The van der Waals surface area contributed by atoms with Crippen molar-refractivity contribution >= 4 is 24.3 Å². The van der Waals surface area contributed by atoms with Crippen molar-refractivity contribution in [2.75, 3.05) is 53.4 Å². The van der Waals surface area contributed by atoms with Gasteiger partial charge in [-0.15, -0.1) is 10.2 Å². The fraction of sp³-hybridized carbons (Fsp3) is 0.436. The quantitative estimate of drug-likeness (QED) is 0.187. The van der Waals surface area contributed by atoms with E-state index in [4.69, 9.17) is 10.8 Å². The summed E-state index contributed by atoms with van der Waals surface area (Å²) in [5.74, 6) is 0.703. The third-order valence-corrected chi connectivity index (χ3v) is 8.78. The first-order chi connectivity index (χ1) is 25.6. The number of nitrogens with two attached hydrogens (primary N) is 1. The van der Waals surface area contributed by atoms with Crippen LogP contribution in [0.25, 0.3) is 35.2 Å². The highest BCUT2D eigenvalue weighted by Gasteiger charge is 2.31. The summed E-state index contributed by atoms with van der Waals surface area (Å²) < 4.78 is 41.6. The molecule has 2 aliphatic heterocycles. The largest absolute Gasteiger partial charge is 0.478 e. The molecule has 4 N–H and O–H groups in total. The standard InChI is InChI=1S/C19H22F3N5O.C13H13N3O2.C6H14N2.CH4/c1-13-7-15(9-16(8-13)19(20,21)22)18-24-12-27(25-18)6-4-17(28)23-10-14-3-5-26(2)11-14;1-9-5-10(2)7-11(6-9)13-14-8-16(15-13)4-3-12(17)18;1-8-3-2-6(4-7)5-8;/h4,6-9,12,14H,3,5,10-11H2,1-2H3,(H,23,28);3-8H,1-2H3,(H,17,18);6H,2-5,7H2,1H3;1H4/b6-4-;4-3-;;. The summed E-state index contributed by atoms with van der Waals surface area (Å²) in [5.41, 5.74) is 8.67. The Hall–Kier alpha value is -5.19. The van der Waals surface area contributed by atoms with Gasteiger partial charge in [0.25, 0.3) is 0 Å². The fourth-order valence-corrected chi connectivity index (χ4v) is 6.14. The normalized spacial score (nSPS) is 17.4. The lowest BCUT2D eigenvalue weighted by Crippen LogP contribution is -2.29. The molecule has 2 unspecified atom stereocenters. The molecule has 2 saturated heterocycles. The molecule has 0 radical (unpaired) electrons. The van der Waals surface area contributed by atoms with Crippen LogP contribution in [0.15, 0.2) is 61.2 Å². The Morgan fingerprint density at radius 2 is 1.31 bits per heavy atom. The Morgan fingerprint density at radius 3 is 1.76 bits per heavy atom. The van der Waals surface area contributed by atoms with Gasteiger partial charge in [-0.2, -0.15) is 13.2 Å². The molecule has 2 fully saturated rings. The van der Waals surface area contributed by atoms with Crippen molar-refractivity contribution in [3.05, 3.63) is 83.5 Å². The molecule has 0 spiro atoms. The summed E-state index contributed by atoms with van der Waals surface area (Å²) in [6.45, 7) is 11.5. The van der Waals surface area contributed by atoms with Crippen LogP contribution < -0.4 is 11.1 Å². The van der Waals surface area contributed by atoms with E-state index in [-0.39, 0.29) is 24.7 Å². The second kappa shape index (κ2) is 20.5. The maximum Gasteiger partial charge on any atom is 0.416 e. The number of nitrogens with zero attached hydrogens (tertiary/aromatic N) is 8. The van der Waals surface area contributed by atoms with Crippen LogP contribution in [0.4, 0.5) is 13.2 Å².